The van der Waals surface area contributed by atoms with E-state index in [2.05, 4.69) is 10.4 Å². The molecule has 0 aliphatic heterocycles. The predicted molar refractivity (Wildman–Crippen MR) is 65.6 cm³/mol. The van der Waals surface area contributed by atoms with E-state index in [0.717, 1.165) is 0 Å². The van der Waals surface area contributed by atoms with Crippen molar-refractivity contribution in [2.75, 3.05) is 5.32 Å². The van der Waals surface area contributed by atoms with E-state index >= 15 is 0 Å². The van der Waals surface area contributed by atoms with Gasteiger partial charge < -0.3 is 5.32 Å². The van der Waals surface area contributed by atoms with Gasteiger partial charge in [0.1, 0.15) is 5.82 Å². The highest BCUT2D eigenvalue weighted by Crippen LogP contribution is 2.23. The maximum atomic E-state index is 12.0. The fourth-order valence-electron chi connectivity index (χ4n) is 1.64. The second kappa shape index (κ2) is 6.11. The van der Waals surface area contributed by atoms with Gasteiger partial charge in [-0.25, -0.2) is 0 Å². The molecule has 0 saturated carbocycles. The molecular weight excluding hydrogens is 243 g/mol. The summed E-state index contributed by atoms with van der Waals surface area (Å²) in [5.41, 5.74) is 0. The van der Waals surface area contributed by atoms with E-state index in [4.69, 9.17) is 0 Å². The highest BCUT2D eigenvalue weighted by Gasteiger charge is 2.26. The van der Waals surface area contributed by atoms with E-state index < -0.39 is 12.6 Å². The van der Waals surface area contributed by atoms with Crippen LogP contribution in [-0.4, -0.2) is 22.0 Å². The van der Waals surface area contributed by atoms with Gasteiger partial charge in [-0.15, -0.1) is 0 Å². The molecule has 104 valence electrons. The number of hydrogen-bond donors (Lipinski definition) is 1. The molecule has 1 unspecified atom stereocenters. The van der Waals surface area contributed by atoms with Gasteiger partial charge in [-0.3, -0.25) is 4.68 Å². The lowest BCUT2D eigenvalue weighted by molar-refractivity contribution is -0.135. The van der Waals surface area contributed by atoms with Crippen LogP contribution in [0.3, 0.4) is 0 Å². The third kappa shape index (κ3) is 5.42. The highest BCUT2D eigenvalue weighted by molar-refractivity contribution is 5.33. The SMILES string of the molecule is CC(CCCC(F)(F)F)Nc1ccn(C(C)C)n1. The van der Waals surface area contributed by atoms with Crippen LogP contribution in [0.25, 0.3) is 0 Å². The van der Waals surface area contributed by atoms with Crippen LogP contribution in [0.2, 0.25) is 0 Å². The van der Waals surface area contributed by atoms with E-state index in [1.165, 1.54) is 0 Å². The van der Waals surface area contributed by atoms with Crippen LogP contribution < -0.4 is 5.32 Å². The quantitative estimate of drug-likeness (QED) is 0.840. The minimum absolute atomic E-state index is 0.0112. The Morgan fingerprint density at radius 3 is 2.50 bits per heavy atom. The number of nitrogens with one attached hydrogen (secondary N) is 1. The van der Waals surface area contributed by atoms with Gasteiger partial charge in [0.15, 0.2) is 0 Å². The number of anilines is 1. The summed E-state index contributed by atoms with van der Waals surface area (Å²) in [4.78, 5) is 0. The number of nitrogens with zero attached hydrogens (tertiary/aromatic N) is 2. The first-order chi connectivity index (χ1) is 8.28. The molecule has 1 aromatic rings. The molecule has 0 spiro atoms. The number of hydrogen-bond acceptors (Lipinski definition) is 2. The molecule has 0 aromatic carbocycles. The van der Waals surface area contributed by atoms with Crippen LogP contribution >= 0.6 is 0 Å². The topological polar surface area (TPSA) is 29.9 Å². The van der Waals surface area contributed by atoms with Crippen molar-refractivity contribution in [1.82, 2.24) is 9.78 Å². The maximum Gasteiger partial charge on any atom is 0.389 e. The maximum absolute atomic E-state index is 12.0. The Bertz CT molecular complexity index is 358. The number of rotatable bonds is 6. The zero-order valence-electron chi connectivity index (χ0n) is 11.0. The smallest absolute Gasteiger partial charge is 0.366 e. The van der Waals surface area contributed by atoms with E-state index in [9.17, 15) is 13.2 Å². The van der Waals surface area contributed by atoms with Crippen molar-refractivity contribution in [1.29, 1.82) is 0 Å². The highest BCUT2D eigenvalue weighted by atomic mass is 19.4. The average molecular weight is 263 g/mol. The fourth-order valence-corrected chi connectivity index (χ4v) is 1.64. The molecule has 0 aliphatic rings. The normalized spacial score (nSPS) is 13.9. The Morgan fingerprint density at radius 1 is 1.33 bits per heavy atom. The Labute approximate surface area is 105 Å². The molecule has 0 saturated heterocycles. The summed E-state index contributed by atoms with van der Waals surface area (Å²) in [6.07, 6.45) is -2.30. The Kier molecular flexibility index (Phi) is 5.04. The monoisotopic (exact) mass is 263 g/mol. The van der Waals surface area contributed by atoms with Crippen molar-refractivity contribution in [2.24, 2.45) is 0 Å². The molecule has 18 heavy (non-hydrogen) atoms. The molecule has 1 N–H and O–H groups in total. The van der Waals surface area contributed by atoms with Crippen LogP contribution in [-0.2, 0) is 0 Å². The van der Waals surface area contributed by atoms with Gasteiger partial charge in [-0.05, 0) is 33.6 Å². The Balaban J connectivity index is 2.33. The van der Waals surface area contributed by atoms with Gasteiger partial charge in [0.2, 0.25) is 0 Å². The van der Waals surface area contributed by atoms with Crippen molar-refractivity contribution >= 4 is 5.82 Å². The van der Waals surface area contributed by atoms with Gasteiger partial charge in [0, 0.05) is 30.8 Å². The Hall–Kier alpha value is -1.20. The second-order valence-corrected chi connectivity index (χ2v) is 4.83. The lowest BCUT2D eigenvalue weighted by Gasteiger charge is -2.14. The van der Waals surface area contributed by atoms with Gasteiger partial charge in [-0.2, -0.15) is 18.3 Å². The molecule has 0 fully saturated rings. The lowest BCUT2D eigenvalue weighted by Crippen LogP contribution is -2.17. The number of alkyl halides is 3. The van der Waals surface area contributed by atoms with Crippen molar-refractivity contribution in [3.63, 3.8) is 0 Å². The van der Waals surface area contributed by atoms with Gasteiger partial charge in [-0.1, -0.05) is 0 Å². The molecule has 6 heteroatoms. The first-order valence-electron chi connectivity index (χ1n) is 6.16. The Morgan fingerprint density at radius 2 is 2.00 bits per heavy atom. The molecular formula is C12H20F3N3. The fraction of sp³-hybridized carbons (Fsp3) is 0.750. The summed E-state index contributed by atoms with van der Waals surface area (Å²) in [7, 11) is 0. The van der Waals surface area contributed by atoms with E-state index in [0.29, 0.717) is 12.2 Å². The molecule has 0 radical (unpaired) electrons. The standard InChI is InChI=1S/C12H20F3N3/c1-9(2)18-8-6-11(17-18)16-10(3)5-4-7-12(13,14)15/h6,8-10H,4-5,7H2,1-3H3,(H,16,17). The minimum Gasteiger partial charge on any atom is -0.366 e. The zero-order valence-corrected chi connectivity index (χ0v) is 11.0. The summed E-state index contributed by atoms with van der Waals surface area (Å²) in [6.45, 7) is 5.90. The molecule has 1 heterocycles. The third-order valence-electron chi connectivity index (χ3n) is 2.63. The van der Waals surface area contributed by atoms with E-state index in [-0.39, 0.29) is 18.5 Å². The minimum atomic E-state index is -4.06. The molecule has 1 aromatic heterocycles. The number of halogens is 3. The lowest BCUT2D eigenvalue weighted by atomic mass is 10.1. The summed E-state index contributed by atoms with van der Waals surface area (Å²) < 4.78 is 37.8. The zero-order chi connectivity index (χ0) is 13.8. The van der Waals surface area contributed by atoms with Gasteiger partial charge in [0.25, 0.3) is 0 Å². The second-order valence-electron chi connectivity index (χ2n) is 4.83. The molecule has 0 aliphatic carbocycles. The van der Waals surface area contributed by atoms with Crippen LogP contribution in [0.1, 0.15) is 46.1 Å². The van der Waals surface area contributed by atoms with Crippen LogP contribution in [0.5, 0.6) is 0 Å². The summed E-state index contributed by atoms with van der Waals surface area (Å²) in [6, 6.07) is 2.10. The van der Waals surface area contributed by atoms with Gasteiger partial charge in [0.05, 0.1) is 0 Å². The molecule has 0 amide bonds. The van der Waals surface area contributed by atoms with Crippen molar-refractivity contribution < 1.29 is 13.2 Å². The molecule has 0 bridgehead atoms. The molecule has 1 rings (SSSR count). The van der Waals surface area contributed by atoms with Gasteiger partial charge >= 0.3 is 6.18 Å². The summed E-state index contributed by atoms with van der Waals surface area (Å²) >= 11 is 0. The first-order valence-corrected chi connectivity index (χ1v) is 6.16. The third-order valence-corrected chi connectivity index (χ3v) is 2.63. The summed E-state index contributed by atoms with van der Waals surface area (Å²) in [5.74, 6) is 0.711. The summed E-state index contributed by atoms with van der Waals surface area (Å²) in [5, 5.41) is 7.39. The predicted octanol–water partition coefficient (Wildman–Crippen LogP) is 4.00. The largest absolute Gasteiger partial charge is 0.389 e. The number of aromatic nitrogens is 2. The van der Waals surface area contributed by atoms with Crippen LogP contribution in [0.15, 0.2) is 12.3 Å². The molecule has 3 nitrogen and oxygen atoms in total. The van der Waals surface area contributed by atoms with Crippen LogP contribution in [0.4, 0.5) is 19.0 Å². The average Bonchev–Trinajstić information content (AvgIpc) is 2.64. The van der Waals surface area contributed by atoms with E-state index in [1.807, 2.05) is 37.7 Å². The van der Waals surface area contributed by atoms with Crippen molar-refractivity contribution in [3.05, 3.63) is 12.3 Å². The van der Waals surface area contributed by atoms with Crippen LogP contribution in [0, 0.1) is 0 Å². The molecule has 1 atom stereocenters. The first kappa shape index (κ1) is 14.9. The van der Waals surface area contributed by atoms with Crippen molar-refractivity contribution in [2.45, 2.75) is 58.3 Å². The van der Waals surface area contributed by atoms with Crippen molar-refractivity contribution in [3.8, 4) is 0 Å². The van der Waals surface area contributed by atoms with E-state index in [1.54, 1.807) is 0 Å².